The molecule has 4 atom stereocenters. The molecular weight excluding hydrogens is 939 g/mol. The van der Waals surface area contributed by atoms with E-state index in [1.165, 1.54) is 18.3 Å². The number of amides is 3. The highest BCUT2D eigenvalue weighted by Crippen LogP contribution is 2.52. The molecule has 6 aromatic rings. The summed E-state index contributed by atoms with van der Waals surface area (Å²) >= 11 is 0. The van der Waals surface area contributed by atoms with E-state index in [4.69, 9.17) is 24.6 Å². The lowest BCUT2D eigenvalue weighted by molar-refractivity contribution is -0.191. The van der Waals surface area contributed by atoms with Gasteiger partial charge in [0.05, 0.1) is 23.5 Å². The van der Waals surface area contributed by atoms with Gasteiger partial charge in [0.2, 0.25) is 5.91 Å². The summed E-state index contributed by atoms with van der Waals surface area (Å²) in [5.41, 5.74) is 13.6. The van der Waals surface area contributed by atoms with Crippen LogP contribution in [0.4, 0.5) is 0 Å². The number of hydrogen-bond donors (Lipinski definition) is 0. The Hall–Kier alpha value is -9.10. The molecule has 16 heteroatoms. The Morgan fingerprint density at radius 1 is 0.608 bits per heavy atom. The number of carbonyl (C=O) groups excluding carboxylic acids is 7. The molecular formula is C58H51N7O9. The summed E-state index contributed by atoms with van der Waals surface area (Å²) < 4.78 is 12.3. The molecule has 16 nitrogen and oxygen atoms in total. The summed E-state index contributed by atoms with van der Waals surface area (Å²) in [4.78, 5) is 96.1. The molecule has 0 saturated carbocycles. The molecule has 4 aliphatic heterocycles. The second kappa shape index (κ2) is 22.1. The summed E-state index contributed by atoms with van der Waals surface area (Å²) in [6, 6.07) is 45.2. The summed E-state index contributed by atoms with van der Waals surface area (Å²) in [7, 11) is 0. The SMILES string of the molecule is CC1(C)CC2/C(=C\c3cc(C(=O)N=[N+]=[N-])ccn3)C(=O)N2[C@H]1C(=O)OC(c1ccccc1)c1ccccc1.CC1(C)CC2/C(=C\c3ccccn3)C(=O)N2[C@H]1C(=O)OC(c1ccccc1)c1ccccc1.O=C=O. The maximum absolute atomic E-state index is 13.7. The van der Waals surface area contributed by atoms with Crippen molar-refractivity contribution in [2.24, 2.45) is 15.9 Å². The Balaban J connectivity index is 0.000000189. The smallest absolute Gasteiger partial charge is 0.373 e. The van der Waals surface area contributed by atoms with Crippen LogP contribution in [-0.2, 0) is 38.2 Å². The van der Waals surface area contributed by atoms with E-state index in [1.54, 1.807) is 22.1 Å². The molecule has 74 heavy (non-hydrogen) atoms. The van der Waals surface area contributed by atoms with Crippen molar-refractivity contribution in [1.82, 2.24) is 19.8 Å². The van der Waals surface area contributed by atoms with Crippen LogP contribution in [0.1, 0.15) is 96.7 Å². The molecule has 4 aromatic carbocycles. The second-order valence-electron chi connectivity index (χ2n) is 19.4. The number of nitrogens with zero attached hydrogens (tertiary/aromatic N) is 7. The van der Waals surface area contributed by atoms with E-state index < -0.39 is 47.0 Å². The van der Waals surface area contributed by atoms with Gasteiger partial charge < -0.3 is 19.3 Å². The van der Waals surface area contributed by atoms with Gasteiger partial charge in [-0.2, -0.15) is 9.59 Å². The fourth-order valence-electron chi connectivity index (χ4n) is 10.3. The average Bonchev–Trinajstić information content (AvgIpc) is 3.83. The number of azide groups is 1. The number of fused-ring (bicyclic) bond motifs is 2. The minimum absolute atomic E-state index is 0.0982. The topological polar surface area (TPSA) is 219 Å². The number of esters is 2. The number of ether oxygens (including phenoxy) is 2. The molecule has 372 valence electrons. The molecule has 4 aliphatic rings. The van der Waals surface area contributed by atoms with Crippen LogP contribution in [0.15, 0.2) is 180 Å². The van der Waals surface area contributed by atoms with Gasteiger partial charge in [0.1, 0.15) is 12.1 Å². The lowest BCUT2D eigenvalue weighted by atomic mass is 9.83. The van der Waals surface area contributed by atoms with Crippen molar-refractivity contribution < 1.29 is 43.0 Å². The second-order valence-corrected chi connectivity index (χ2v) is 19.4. The summed E-state index contributed by atoms with van der Waals surface area (Å²) in [6.45, 7) is 7.98. The number of pyridine rings is 2. The normalized spacial score (nSPS) is 20.5. The van der Waals surface area contributed by atoms with Crippen LogP contribution in [0.25, 0.3) is 22.6 Å². The van der Waals surface area contributed by atoms with Gasteiger partial charge in [0.15, 0.2) is 12.2 Å². The van der Waals surface area contributed by atoms with Crippen LogP contribution in [0.5, 0.6) is 0 Å². The minimum Gasteiger partial charge on any atom is -0.451 e. The van der Waals surface area contributed by atoms with Crippen LogP contribution in [0.2, 0.25) is 0 Å². The molecule has 0 aliphatic carbocycles. The standard InChI is InChI=1S/C29H25N5O4.C28H26N2O3.CO2/c1-29(2)17-23-22(16-21-15-20(13-14-31-21)26(35)32-33-30)27(36)34(23)25(29)28(37)38-24(18-9-5-3-6-10-18)19-11-7-4-8-12-19;1-28(2)18-23-22(17-21-15-9-10-16-29-21)26(31)30(23)25(28)27(32)33-24(19-11-5-3-6-12-19)20-13-7-4-8-14-20;2-1-3/h3-16,23-25H,17H2,1-2H3;3-17,23-25H,18H2,1-2H3;/b22-16+;22-17+;/t2*23?,25-;/m00./s1. The predicted octanol–water partition coefficient (Wildman–Crippen LogP) is 9.48. The summed E-state index contributed by atoms with van der Waals surface area (Å²) in [5.74, 6) is -1.94. The Morgan fingerprint density at radius 3 is 1.36 bits per heavy atom. The number of benzene rings is 4. The molecule has 2 unspecified atom stereocenters. The molecule has 4 fully saturated rings. The van der Waals surface area contributed by atoms with Gasteiger partial charge in [-0.15, -0.1) is 0 Å². The largest absolute Gasteiger partial charge is 0.451 e. The van der Waals surface area contributed by atoms with E-state index in [1.807, 2.05) is 173 Å². The van der Waals surface area contributed by atoms with Gasteiger partial charge in [-0.05, 0) is 93.0 Å². The maximum atomic E-state index is 13.7. The highest BCUT2D eigenvalue weighted by Gasteiger charge is 2.62. The molecule has 3 amide bonds. The highest BCUT2D eigenvalue weighted by molar-refractivity contribution is 6.09. The predicted molar refractivity (Wildman–Crippen MR) is 270 cm³/mol. The van der Waals surface area contributed by atoms with Gasteiger partial charge >= 0.3 is 18.1 Å². The monoisotopic (exact) mass is 989 g/mol. The minimum atomic E-state index is -0.752. The first-order valence-corrected chi connectivity index (χ1v) is 23.8. The molecule has 0 spiro atoms. The van der Waals surface area contributed by atoms with E-state index in [0.717, 1.165) is 27.9 Å². The molecule has 2 aromatic heterocycles. The van der Waals surface area contributed by atoms with Crippen molar-refractivity contribution in [3.05, 3.63) is 225 Å². The van der Waals surface area contributed by atoms with Crippen molar-refractivity contribution in [3.8, 4) is 0 Å². The van der Waals surface area contributed by atoms with E-state index in [0.29, 0.717) is 29.7 Å². The molecule has 6 heterocycles. The van der Waals surface area contributed by atoms with Crippen molar-refractivity contribution in [2.75, 3.05) is 0 Å². The van der Waals surface area contributed by atoms with Gasteiger partial charge in [-0.1, -0.05) is 155 Å². The summed E-state index contributed by atoms with van der Waals surface area (Å²) in [5, 5.41) is 3.10. The Labute approximate surface area is 427 Å². The lowest BCUT2D eigenvalue weighted by Crippen LogP contribution is -2.58. The average molecular weight is 990 g/mol. The Bertz CT molecular complexity index is 3110. The maximum Gasteiger partial charge on any atom is 0.373 e. The number of β-lactam (4-membered cyclic amide) rings is 2. The summed E-state index contributed by atoms with van der Waals surface area (Å²) in [6.07, 6.45) is 6.97. The Morgan fingerprint density at radius 2 is 0.986 bits per heavy atom. The lowest BCUT2D eigenvalue weighted by Gasteiger charge is -2.41. The first-order chi connectivity index (χ1) is 35.7. The first kappa shape index (κ1) is 51.3. The van der Waals surface area contributed by atoms with Gasteiger partial charge in [-0.3, -0.25) is 24.4 Å². The molecule has 10 rings (SSSR count). The quantitative estimate of drug-likeness (QED) is 0.0297. The third kappa shape index (κ3) is 10.7. The fraction of sp³-hybridized carbons (Fsp3) is 0.241. The zero-order chi connectivity index (χ0) is 52.6. The third-order valence-corrected chi connectivity index (χ3v) is 13.6. The van der Waals surface area contributed by atoms with Crippen LogP contribution >= 0.6 is 0 Å². The van der Waals surface area contributed by atoms with Crippen LogP contribution in [0.3, 0.4) is 0 Å². The van der Waals surface area contributed by atoms with Crippen LogP contribution in [-0.4, -0.2) is 79.7 Å². The van der Waals surface area contributed by atoms with Crippen molar-refractivity contribution >= 4 is 48.0 Å². The van der Waals surface area contributed by atoms with E-state index in [2.05, 4.69) is 20.0 Å². The highest BCUT2D eigenvalue weighted by atomic mass is 16.6. The van der Waals surface area contributed by atoms with Gasteiger partial charge in [-0.25, -0.2) is 9.59 Å². The fourth-order valence-corrected chi connectivity index (χ4v) is 10.3. The van der Waals surface area contributed by atoms with Gasteiger partial charge in [0.25, 0.3) is 11.8 Å². The Kier molecular flexibility index (Phi) is 15.3. The number of carbonyl (C=O) groups is 5. The van der Waals surface area contributed by atoms with Crippen molar-refractivity contribution in [2.45, 2.75) is 76.9 Å². The first-order valence-electron chi connectivity index (χ1n) is 23.8. The van der Waals surface area contributed by atoms with Crippen molar-refractivity contribution in [1.29, 1.82) is 0 Å². The molecule has 0 N–H and O–H groups in total. The number of hydrogen-bond acceptors (Lipinski definition) is 11. The van der Waals surface area contributed by atoms with Gasteiger partial charge in [0, 0.05) is 34.0 Å². The number of aromatic nitrogens is 2. The zero-order valence-corrected chi connectivity index (χ0v) is 40.9. The molecule has 0 radical (unpaired) electrons. The third-order valence-electron chi connectivity index (χ3n) is 13.6. The molecule has 4 saturated heterocycles. The van der Waals surface area contributed by atoms with E-state index >= 15 is 0 Å². The van der Waals surface area contributed by atoms with E-state index in [9.17, 15) is 24.0 Å². The van der Waals surface area contributed by atoms with E-state index in [-0.39, 0.29) is 41.6 Å². The zero-order valence-electron chi connectivity index (χ0n) is 40.9. The molecule has 0 bridgehead atoms. The number of rotatable bonds is 11. The van der Waals surface area contributed by atoms with Crippen LogP contribution < -0.4 is 0 Å². The van der Waals surface area contributed by atoms with Crippen molar-refractivity contribution in [3.63, 3.8) is 0 Å². The van der Waals surface area contributed by atoms with Crippen LogP contribution in [0, 0.1) is 10.8 Å².